The second-order valence-corrected chi connectivity index (χ2v) is 7.66. The van der Waals surface area contributed by atoms with E-state index in [2.05, 4.69) is 15.6 Å². The fourth-order valence-electron chi connectivity index (χ4n) is 3.56. The van der Waals surface area contributed by atoms with Crippen molar-refractivity contribution >= 4 is 23.2 Å². The van der Waals surface area contributed by atoms with E-state index < -0.39 is 0 Å². The van der Waals surface area contributed by atoms with Gasteiger partial charge in [-0.25, -0.2) is 0 Å². The van der Waals surface area contributed by atoms with Crippen LogP contribution in [0.3, 0.4) is 0 Å². The van der Waals surface area contributed by atoms with E-state index in [-0.39, 0.29) is 11.8 Å². The van der Waals surface area contributed by atoms with Crippen LogP contribution < -0.4 is 15.4 Å². The first kappa shape index (κ1) is 22.7. The highest BCUT2D eigenvalue weighted by molar-refractivity contribution is 6.08. The fraction of sp³-hybridized carbons (Fsp3) is 0.107. The molecule has 0 spiro atoms. The number of hydrogen-bond acceptors (Lipinski definition) is 4. The SMILES string of the molecule is CCc1cc(NC(=O)c2cc(NC(=O)c3ccc(-c4ccccc4)cc3)ccc2OC)ccn1. The molecule has 0 aliphatic carbocycles. The van der Waals surface area contributed by atoms with Crippen molar-refractivity contribution in [3.05, 3.63) is 108 Å². The summed E-state index contributed by atoms with van der Waals surface area (Å²) in [6.07, 6.45) is 2.42. The van der Waals surface area contributed by atoms with Crippen molar-refractivity contribution in [2.24, 2.45) is 0 Å². The summed E-state index contributed by atoms with van der Waals surface area (Å²) in [4.78, 5) is 30.0. The van der Waals surface area contributed by atoms with E-state index in [1.54, 1.807) is 42.6 Å². The maximum Gasteiger partial charge on any atom is 0.259 e. The summed E-state index contributed by atoms with van der Waals surface area (Å²) in [5, 5.41) is 5.73. The van der Waals surface area contributed by atoms with Crippen LogP contribution >= 0.6 is 0 Å². The van der Waals surface area contributed by atoms with Gasteiger partial charge in [0, 0.05) is 28.8 Å². The van der Waals surface area contributed by atoms with Crippen molar-refractivity contribution in [2.75, 3.05) is 17.7 Å². The second-order valence-electron chi connectivity index (χ2n) is 7.66. The zero-order valence-electron chi connectivity index (χ0n) is 19.0. The van der Waals surface area contributed by atoms with Crippen LogP contribution in [0.2, 0.25) is 0 Å². The van der Waals surface area contributed by atoms with E-state index in [0.717, 1.165) is 23.2 Å². The molecule has 1 aromatic heterocycles. The standard InChI is InChI=1S/C28H25N3O3/c1-3-22-17-24(15-16-29-22)31-28(33)25-18-23(13-14-26(25)34-2)30-27(32)21-11-9-20(10-12-21)19-7-5-4-6-8-19/h4-18H,3H2,1-2H3,(H,30,32)(H,29,31,33). The smallest absolute Gasteiger partial charge is 0.259 e. The molecule has 4 aromatic rings. The normalized spacial score (nSPS) is 10.4. The van der Waals surface area contributed by atoms with Gasteiger partial charge >= 0.3 is 0 Å². The highest BCUT2D eigenvalue weighted by atomic mass is 16.5. The Morgan fingerprint density at radius 1 is 0.794 bits per heavy atom. The summed E-state index contributed by atoms with van der Waals surface area (Å²) < 4.78 is 5.36. The lowest BCUT2D eigenvalue weighted by molar-refractivity contribution is 0.101. The van der Waals surface area contributed by atoms with Gasteiger partial charge in [0.1, 0.15) is 5.75 Å². The number of pyridine rings is 1. The van der Waals surface area contributed by atoms with E-state index in [1.165, 1.54) is 7.11 Å². The zero-order valence-corrected chi connectivity index (χ0v) is 19.0. The molecule has 34 heavy (non-hydrogen) atoms. The lowest BCUT2D eigenvalue weighted by Gasteiger charge is -2.13. The van der Waals surface area contributed by atoms with Crippen molar-refractivity contribution in [1.29, 1.82) is 0 Å². The number of ether oxygens (including phenoxy) is 1. The Hall–Kier alpha value is -4.45. The first-order valence-corrected chi connectivity index (χ1v) is 11.0. The number of carbonyl (C=O) groups is 2. The molecule has 0 unspecified atom stereocenters. The predicted molar refractivity (Wildman–Crippen MR) is 134 cm³/mol. The summed E-state index contributed by atoms with van der Waals surface area (Å²) >= 11 is 0. The Balaban J connectivity index is 1.50. The first-order chi connectivity index (χ1) is 16.6. The number of aryl methyl sites for hydroxylation is 1. The number of nitrogens with one attached hydrogen (secondary N) is 2. The number of anilines is 2. The molecule has 4 rings (SSSR count). The van der Waals surface area contributed by atoms with Crippen LogP contribution in [0.4, 0.5) is 11.4 Å². The number of benzene rings is 3. The fourth-order valence-corrected chi connectivity index (χ4v) is 3.56. The Kier molecular flexibility index (Phi) is 6.98. The van der Waals surface area contributed by atoms with Crippen LogP contribution in [-0.4, -0.2) is 23.9 Å². The average molecular weight is 452 g/mol. The number of hydrogen-bond donors (Lipinski definition) is 2. The predicted octanol–water partition coefficient (Wildman–Crippen LogP) is 5.82. The lowest BCUT2D eigenvalue weighted by Crippen LogP contribution is -2.16. The van der Waals surface area contributed by atoms with Gasteiger partial charge in [-0.3, -0.25) is 14.6 Å². The molecule has 0 aliphatic heterocycles. The zero-order chi connectivity index (χ0) is 23.9. The minimum absolute atomic E-state index is 0.266. The van der Waals surface area contributed by atoms with Gasteiger partial charge in [0.25, 0.3) is 11.8 Å². The quantitative estimate of drug-likeness (QED) is 0.371. The molecule has 6 heteroatoms. The summed E-state index contributed by atoms with van der Waals surface area (Å²) in [7, 11) is 1.50. The number of carbonyl (C=O) groups excluding carboxylic acids is 2. The number of rotatable bonds is 7. The molecule has 0 radical (unpaired) electrons. The summed E-state index contributed by atoms with van der Waals surface area (Å²) in [6, 6.07) is 25.9. The molecule has 2 N–H and O–H groups in total. The lowest BCUT2D eigenvalue weighted by atomic mass is 10.0. The number of methoxy groups -OCH3 is 1. The second kappa shape index (κ2) is 10.4. The molecule has 3 aromatic carbocycles. The highest BCUT2D eigenvalue weighted by Gasteiger charge is 2.15. The van der Waals surface area contributed by atoms with Crippen LogP contribution in [0.1, 0.15) is 33.3 Å². The minimum atomic E-state index is -0.339. The van der Waals surface area contributed by atoms with Crippen LogP contribution in [0, 0.1) is 0 Å². The van der Waals surface area contributed by atoms with Gasteiger partial charge in [-0.2, -0.15) is 0 Å². The van der Waals surface area contributed by atoms with E-state index in [4.69, 9.17) is 4.74 Å². The van der Waals surface area contributed by atoms with Crippen molar-refractivity contribution in [1.82, 2.24) is 4.98 Å². The molecule has 0 bridgehead atoms. The maximum absolute atomic E-state index is 12.9. The van der Waals surface area contributed by atoms with Crippen molar-refractivity contribution < 1.29 is 14.3 Å². The van der Waals surface area contributed by atoms with Gasteiger partial charge in [0.15, 0.2) is 0 Å². The first-order valence-electron chi connectivity index (χ1n) is 11.0. The summed E-state index contributed by atoms with van der Waals surface area (Å²) in [5.41, 5.74) is 4.96. The molecule has 0 saturated heterocycles. The molecular weight excluding hydrogens is 426 g/mol. The van der Waals surface area contributed by atoms with Gasteiger partial charge in [-0.1, -0.05) is 49.4 Å². The van der Waals surface area contributed by atoms with E-state index in [1.807, 2.05) is 55.5 Å². The Labute approximate surface area is 198 Å². The minimum Gasteiger partial charge on any atom is -0.496 e. The molecular formula is C28H25N3O3. The van der Waals surface area contributed by atoms with Crippen LogP contribution in [-0.2, 0) is 6.42 Å². The van der Waals surface area contributed by atoms with Crippen LogP contribution in [0.25, 0.3) is 11.1 Å². The summed E-state index contributed by atoms with van der Waals surface area (Å²) in [5.74, 6) is -0.196. The van der Waals surface area contributed by atoms with Gasteiger partial charge in [-0.05, 0) is 60.0 Å². The van der Waals surface area contributed by atoms with Gasteiger partial charge in [0.05, 0.1) is 12.7 Å². The number of nitrogens with zero attached hydrogens (tertiary/aromatic N) is 1. The van der Waals surface area contributed by atoms with E-state index in [9.17, 15) is 9.59 Å². The Morgan fingerprint density at radius 2 is 1.47 bits per heavy atom. The average Bonchev–Trinajstić information content (AvgIpc) is 2.89. The topological polar surface area (TPSA) is 80.3 Å². The highest BCUT2D eigenvalue weighted by Crippen LogP contribution is 2.25. The molecule has 0 saturated carbocycles. The van der Waals surface area contributed by atoms with Crippen LogP contribution in [0.15, 0.2) is 91.1 Å². The summed E-state index contributed by atoms with van der Waals surface area (Å²) in [6.45, 7) is 2.00. The van der Waals surface area contributed by atoms with Gasteiger partial charge < -0.3 is 15.4 Å². The molecule has 6 nitrogen and oxygen atoms in total. The van der Waals surface area contributed by atoms with E-state index in [0.29, 0.717) is 28.3 Å². The largest absolute Gasteiger partial charge is 0.496 e. The molecule has 0 aliphatic rings. The molecule has 0 fully saturated rings. The van der Waals surface area contributed by atoms with E-state index >= 15 is 0 Å². The number of aromatic nitrogens is 1. The molecule has 0 atom stereocenters. The molecule has 1 heterocycles. The third-order valence-corrected chi connectivity index (χ3v) is 5.39. The Bertz CT molecular complexity index is 1300. The van der Waals surface area contributed by atoms with Crippen molar-refractivity contribution in [2.45, 2.75) is 13.3 Å². The third-order valence-electron chi connectivity index (χ3n) is 5.39. The number of amides is 2. The molecule has 2 amide bonds. The third kappa shape index (κ3) is 5.30. The maximum atomic E-state index is 12.9. The van der Waals surface area contributed by atoms with Gasteiger partial charge in [-0.15, -0.1) is 0 Å². The van der Waals surface area contributed by atoms with Crippen molar-refractivity contribution in [3.8, 4) is 16.9 Å². The molecule has 170 valence electrons. The van der Waals surface area contributed by atoms with Gasteiger partial charge in [0.2, 0.25) is 0 Å². The monoisotopic (exact) mass is 451 g/mol. The van der Waals surface area contributed by atoms with Crippen molar-refractivity contribution in [3.63, 3.8) is 0 Å². The Morgan fingerprint density at radius 3 is 2.18 bits per heavy atom. The van der Waals surface area contributed by atoms with Crippen LogP contribution in [0.5, 0.6) is 5.75 Å².